The zero-order chi connectivity index (χ0) is 13.7. The molecule has 0 spiro atoms. The van der Waals surface area contributed by atoms with Gasteiger partial charge < -0.3 is 9.64 Å². The molecule has 1 saturated heterocycles. The van der Waals surface area contributed by atoms with Crippen LogP contribution in [0.25, 0.3) is 0 Å². The van der Waals surface area contributed by atoms with Gasteiger partial charge in [0.2, 0.25) is 5.91 Å². The standard InChI is InChI=1S/C16H23NO2/c1-13(14(2)15-6-4-3-5-7-15)12-16(18)17-8-10-19-11-9-17/h3-7,13-14H,8-12H2,1-2H3/t13-,14+/m1/s1. The molecule has 0 saturated carbocycles. The van der Waals surface area contributed by atoms with Crippen molar-refractivity contribution in [2.75, 3.05) is 26.3 Å². The number of amides is 1. The van der Waals surface area contributed by atoms with Gasteiger partial charge in [-0.05, 0) is 17.4 Å². The summed E-state index contributed by atoms with van der Waals surface area (Å²) in [5, 5.41) is 0. The van der Waals surface area contributed by atoms with E-state index in [2.05, 4.69) is 38.1 Å². The molecule has 1 aliphatic heterocycles. The van der Waals surface area contributed by atoms with E-state index in [4.69, 9.17) is 4.74 Å². The molecule has 0 aromatic heterocycles. The summed E-state index contributed by atoms with van der Waals surface area (Å²) in [6, 6.07) is 10.4. The van der Waals surface area contributed by atoms with E-state index in [1.54, 1.807) is 0 Å². The highest BCUT2D eigenvalue weighted by molar-refractivity contribution is 5.76. The van der Waals surface area contributed by atoms with Crippen LogP contribution in [-0.4, -0.2) is 37.1 Å². The van der Waals surface area contributed by atoms with Crippen LogP contribution in [0.1, 0.15) is 31.7 Å². The molecule has 0 unspecified atom stereocenters. The Kier molecular flexibility index (Phi) is 4.97. The SMILES string of the molecule is C[C@H](CC(=O)N1CCOCC1)[C@H](C)c1ccccc1. The molecule has 2 atom stereocenters. The average Bonchev–Trinajstić information content (AvgIpc) is 2.48. The number of carbonyl (C=O) groups is 1. The normalized spacial score (nSPS) is 18.9. The summed E-state index contributed by atoms with van der Waals surface area (Å²) in [5.41, 5.74) is 1.31. The van der Waals surface area contributed by atoms with Gasteiger partial charge in [0, 0.05) is 19.5 Å². The molecule has 3 nitrogen and oxygen atoms in total. The maximum atomic E-state index is 12.2. The summed E-state index contributed by atoms with van der Waals surface area (Å²) >= 11 is 0. The fraction of sp³-hybridized carbons (Fsp3) is 0.562. The van der Waals surface area contributed by atoms with E-state index in [0.29, 0.717) is 31.5 Å². The molecule has 19 heavy (non-hydrogen) atoms. The van der Waals surface area contributed by atoms with Crippen LogP contribution in [0.3, 0.4) is 0 Å². The van der Waals surface area contributed by atoms with E-state index in [1.165, 1.54) is 5.56 Å². The predicted molar refractivity (Wildman–Crippen MR) is 76.0 cm³/mol. The van der Waals surface area contributed by atoms with E-state index in [0.717, 1.165) is 13.1 Å². The first-order valence-electron chi connectivity index (χ1n) is 7.09. The van der Waals surface area contributed by atoms with Crippen LogP contribution in [0.15, 0.2) is 30.3 Å². The molecule has 2 rings (SSSR count). The topological polar surface area (TPSA) is 29.5 Å². The smallest absolute Gasteiger partial charge is 0.223 e. The van der Waals surface area contributed by atoms with Crippen LogP contribution < -0.4 is 0 Å². The van der Waals surface area contributed by atoms with E-state index < -0.39 is 0 Å². The second-order valence-corrected chi connectivity index (χ2v) is 5.37. The molecular weight excluding hydrogens is 238 g/mol. The van der Waals surface area contributed by atoms with Crippen molar-refractivity contribution >= 4 is 5.91 Å². The number of carbonyl (C=O) groups excluding carboxylic acids is 1. The van der Waals surface area contributed by atoms with Crippen molar-refractivity contribution in [1.82, 2.24) is 4.90 Å². The highest BCUT2D eigenvalue weighted by Gasteiger charge is 2.22. The van der Waals surface area contributed by atoms with E-state index in [-0.39, 0.29) is 5.91 Å². The van der Waals surface area contributed by atoms with Gasteiger partial charge in [-0.15, -0.1) is 0 Å². The zero-order valence-electron chi connectivity index (χ0n) is 11.8. The molecule has 1 aliphatic rings. The minimum Gasteiger partial charge on any atom is -0.378 e. The maximum absolute atomic E-state index is 12.2. The van der Waals surface area contributed by atoms with Crippen molar-refractivity contribution in [3.8, 4) is 0 Å². The van der Waals surface area contributed by atoms with Crippen molar-refractivity contribution in [3.63, 3.8) is 0 Å². The molecule has 104 valence electrons. The molecule has 1 aromatic carbocycles. The van der Waals surface area contributed by atoms with E-state index >= 15 is 0 Å². The minimum atomic E-state index is 0.263. The molecule has 1 aromatic rings. The minimum absolute atomic E-state index is 0.263. The Morgan fingerprint density at radius 2 is 1.84 bits per heavy atom. The molecular formula is C16H23NO2. The third-order valence-corrected chi connectivity index (χ3v) is 4.04. The Balaban J connectivity index is 1.89. The molecule has 1 amide bonds. The lowest BCUT2D eigenvalue weighted by Crippen LogP contribution is -2.41. The number of hydrogen-bond acceptors (Lipinski definition) is 2. The number of benzene rings is 1. The molecule has 3 heteroatoms. The quantitative estimate of drug-likeness (QED) is 0.834. The Labute approximate surface area is 115 Å². The van der Waals surface area contributed by atoms with Gasteiger partial charge in [-0.25, -0.2) is 0 Å². The van der Waals surface area contributed by atoms with Gasteiger partial charge in [0.05, 0.1) is 13.2 Å². The van der Waals surface area contributed by atoms with Gasteiger partial charge in [0.15, 0.2) is 0 Å². The lowest BCUT2D eigenvalue weighted by atomic mass is 9.86. The highest BCUT2D eigenvalue weighted by atomic mass is 16.5. The summed E-state index contributed by atoms with van der Waals surface area (Å²) in [6.45, 7) is 7.20. The molecule has 0 N–H and O–H groups in total. The van der Waals surface area contributed by atoms with Crippen molar-refractivity contribution in [3.05, 3.63) is 35.9 Å². The highest BCUT2D eigenvalue weighted by Crippen LogP contribution is 2.26. The number of rotatable bonds is 4. The molecule has 0 aliphatic carbocycles. The first kappa shape index (κ1) is 14.1. The summed E-state index contributed by atoms with van der Waals surface area (Å²) < 4.78 is 5.28. The molecule has 0 radical (unpaired) electrons. The number of ether oxygens (including phenoxy) is 1. The monoisotopic (exact) mass is 261 g/mol. The van der Waals surface area contributed by atoms with Crippen molar-refractivity contribution in [2.45, 2.75) is 26.2 Å². The fourth-order valence-corrected chi connectivity index (χ4v) is 2.48. The predicted octanol–water partition coefficient (Wildman–Crippen LogP) is 2.68. The third-order valence-electron chi connectivity index (χ3n) is 4.04. The van der Waals surface area contributed by atoms with Crippen molar-refractivity contribution in [1.29, 1.82) is 0 Å². The summed E-state index contributed by atoms with van der Waals surface area (Å²) in [5.74, 6) is 1.03. The maximum Gasteiger partial charge on any atom is 0.223 e. The number of nitrogens with zero attached hydrogens (tertiary/aromatic N) is 1. The first-order valence-corrected chi connectivity index (χ1v) is 7.09. The Morgan fingerprint density at radius 3 is 2.47 bits per heavy atom. The van der Waals surface area contributed by atoms with Crippen LogP contribution in [0, 0.1) is 5.92 Å². The van der Waals surface area contributed by atoms with Crippen LogP contribution in [0.5, 0.6) is 0 Å². The molecule has 0 bridgehead atoms. The lowest BCUT2D eigenvalue weighted by Gasteiger charge is -2.29. The largest absolute Gasteiger partial charge is 0.378 e. The summed E-state index contributed by atoms with van der Waals surface area (Å²) in [7, 11) is 0. The number of hydrogen-bond donors (Lipinski definition) is 0. The van der Waals surface area contributed by atoms with Crippen molar-refractivity contribution in [2.24, 2.45) is 5.92 Å². The van der Waals surface area contributed by atoms with Crippen LogP contribution in [-0.2, 0) is 9.53 Å². The fourth-order valence-electron chi connectivity index (χ4n) is 2.48. The zero-order valence-corrected chi connectivity index (χ0v) is 11.8. The molecule has 1 heterocycles. The lowest BCUT2D eigenvalue weighted by molar-refractivity contribution is -0.136. The Bertz CT molecular complexity index is 398. The molecule has 1 fully saturated rings. The summed E-state index contributed by atoms with van der Waals surface area (Å²) in [4.78, 5) is 14.1. The second kappa shape index (κ2) is 6.71. The van der Waals surface area contributed by atoms with Gasteiger partial charge >= 0.3 is 0 Å². The van der Waals surface area contributed by atoms with Gasteiger partial charge in [-0.3, -0.25) is 4.79 Å². The third kappa shape index (κ3) is 3.80. The van der Waals surface area contributed by atoms with Gasteiger partial charge in [0.1, 0.15) is 0 Å². The van der Waals surface area contributed by atoms with Crippen molar-refractivity contribution < 1.29 is 9.53 Å². The van der Waals surface area contributed by atoms with Crippen LogP contribution >= 0.6 is 0 Å². The Hall–Kier alpha value is -1.35. The average molecular weight is 261 g/mol. The van der Waals surface area contributed by atoms with Gasteiger partial charge in [-0.2, -0.15) is 0 Å². The second-order valence-electron chi connectivity index (χ2n) is 5.37. The van der Waals surface area contributed by atoms with Crippen LogP contribution in [0.4, 0.5) is 0 Å². The van der Waals surface area contributed by atoms with Crippen LogP contribution in [0.2, 0.25) is 0 Å². The van der Waals surface area contributed by atoms with Gasteiger partial charge in [-0.1, -0.05) is 44.2 Å². The van der Waals surface area contributed by atoms with Gasteiger partial charge in [0.25, 0.3) is 0 Å². The van der Waals surface area contributed by atoms with E-state index in [9.17, 15) is 4.79 Å². The Morgan fingerprint density at radius 1 is 1.21 bits per heavy atom. The number of morpholine rings is 1. The first-order chi connectivity index (χ1) is 9.18. The summed E-state index contributed by atoms with van der Waals surface area (Å²) in [6.07, 6.45) is 0.621. The van der Waals surface area contributed by atoms with E-state index in [1.807, 2.05) is 11.0 Å².